The van der Waals surface area contributed by atoms with E-state index in [1.807, 2.05) is 0 Å². The van der Waals surface area contributed by atoms with Gasteiger partial charge in [-0.05, 0) is 6.42 Å². The zero-order valence-corrected chi connectivity index (χ0v) is 4.80. The van der Waals surface area contributed by atoms with Gasteiger partial charge in [0.1, 0.15) is 0 Å². The number of terminal acetylenes is 1. The van der Waals surface area contributed by atoms with Gasteiger partial charge in [0.05, 0.1) is 6.61 Å². The predicted molar refractivity (Wildman–Crippen MR) is 33.1 cm³/mol. The first kappa shape index (κ1) is 7.48. The van der Waals surface area contributed by atoms with Crippen molar-refractivity contribution in [3.8, 4) is 12.3 Å². The van der Waals surface area contributed by atoms with Crippen LogP contribution in [0.15, 0.2) is 0 Å². The maximum atomic E-state index is 8.37. The number of rotatable bonds is 3. The van der Waals surface area contributed by atoms with E-state index in [-0.39, 0.29) is 12.6 Å². The minimum atomic E-state index is -0.133. The van der Waals surface area contributed by atoms with Crippen LogP contribution in [0.25, 0.3) is 0 Å². The van der Waals surface area contributed by atoms with Crippen molar-refractivity contribution in [2.24, 2.45) is 5.73 Å². The second-order valence-electron chi connectivity index (χ2n) is 1.69. The molecule has 0 aliphatic rings. The van der Waals surface area contributed by atoms with E-state index in [0.29, 0.717) is 12.8 Å². The monoisotopic (exact) mass is 113 g/mol. The Morgan fingerprint density at radius 3 is 2.75 bits per heavy atom. The molecule has 0 bridgehead atoms. The predicted octanol–water partition coefficient (Wildman–Crippen LogP) is -0.281. The van der Waals surface area contributed by atoms with Crippen LogP contribution in [0.1, 0.15) is 12.8 Å². The van der Waals surface area contributed by atoms with Gasteiger partial charge in [0.2, 0.25) is 0 Å². The molecule has 3 N–H and O–H groups in total. The highest BCUT2D eigenvalue weighted by Crippen LogP contribution is 1.89. The molecule has 0 radical (unpaired) electrons. The van der Waals surface area contributed by atoms with Gasteiger partial charge in [-0.1, -0.05) is 0 Å². The second kappa shape index (κ2) is 4.63. The van der Waals surface area contributed by atoms with E-state index in [9.17, 15) is 0 Å². The summed E-state index contributed by atoms with van der Waals surface area (Å²) in [5.74, 6) is 2.44. The van der Waals surface area contributed by atoms with Gasteiger partial charge in [-0.15, -0.1) is 12.3 Å². The largest absolute Gasteiger partial charge is 0.395 e. The lowest BCUT2D eigenvalue weighted by molar-refractivity contribution is 0.261. The Bertz CT molecular complexity index is 85.0. The van der Waals surface area contributed by atoms with Crippen LogP contribution in [0.4, 0.5) is 0 Å². The molecule has 0 unspecified atom stereocenters. The third-order valence-electron chi connectivity index (χ3n) is 0.894. The number of hydrogen-bond donors (Lipinski definition) is 2. The standard InChI is InChI=1S/C6H11NO/c1-2-3-4-6(7)5-8/h1,6,8H,3-5,7H2/t6-/m0/s1. The first-order valence-corrected chi connectivity index (χ1v) is 2.61. The van der Waals surface area contributed by atoms with E-state index in [0.717, 1.165) is 0 Å². The first-order valence-electron chi connectivity index (χ1n) is 2.61. The molecule has 0 aromatic rings. The summed E-state index contributed by atoms with van der Waals surface area (Å²) in [6, 6.07) is -0.133. The SMILES string of the molecule is C#CCC[C@H](N)CO. The molecule has 0 fully saturated rings. The average molecular weight is 113 g/mol. The van der Waals surface area contributed by atoms with Crippen molar-refractivity contribution >= 4 is 0 Å². The molecule has 0 rings (SSSR count). The summed E-state index contributed by atoms with van der Waals surface area (Å²) in [6.07, 6.45) is 6.31. The fraction of sp³-hybridized carbons (Fsp3) is 0.667. The molecule has 1 atom stereocenters. The Balaban J connectivity index is 3.01. The molecule has 0 saturated carbocycles. The molecule has 0 spiro atoms. The summed E-state index contributed by atoms with van der Waals surface area (Å²) in [5.41, 5.74) is 5.31. The van der Waals surface area contributed by atoms with E-state index in [2.05, 4.69) is 5.92 Å². The van der Waals surface area contributed by atoms with Gasteiger partial charge in [0, 0.05) is 12.5 Å². The van der Waals surface area contributed by atoms with Gasteiger partial charge in [0.25, 0.3) is 0 Å². The summed E-state index contributed by atoms with van der Waals surface area (Å²) < 4.78 is 0. The minimum Gasteiger partial charge on any atom is -0.395 e. The fourth-order valence-corrected chi connectivity index (χ4v) is 0.360. The van der Waals surface area contributed by atoms with Gasteiger partial charge in [-0.2, -0.15) is 0 Å². The van der Waals surface area contributed by atoms with Crippen LogP contribution in [-0.4, -0.2) is 17.8 Å². The first-order chi connectivity index (χ1) is 3.81. The molecule has 0 aliphatic heterocycles. The Labute approximate surface area is 49.7 Å². The molecule has 0 amide bonds. The van der Waals surface area contributed by atoms with E-state index in [1.54, 1.807) is 0 Å². The van der Waals surface area contributed by atoms with Crippen LogP contribution in [0.5, 0.6) is 0 Å². The maximum Gasteiger partial charge on any atom is 0.0582 e. The van der Waals surface area contributed by atoms with E-state index in [1.165, 1.54) is 0 Å². The highest BCUT2D eigenvalue weighted by Gasteiger charge is 1.95. The Morgan fingerprint density at radius 2 is 2.38 bits per heavy atom. The van der Waals surface area contributed by atoms with Crippen LogP contribution in [0.3, 0.4) is 0 Å². The van der Waals surface area contributed by atoms with E-state index >= 15 is 0 Å². The third-order valence-corrected chi connectivity index (χ3v) is 0.894. The molecule has 8 heavy (non-hydrogen) atoms. The molecular formula is C6H11NO. The van der Waals surface area contributed by atoms with E-state index in [4.69, 9.17) is 17.3 Å². The Morgan fingerprint density at radius 1 is 1.75 bits per heavy atom. The maximum absolute atomic E-state index is 8.37. The molecule has 0 aromatic carbocycles. The Hall–Kier alpha value is -0.520. The molecule has 46 valence electrons. The van der Waals surface area contributed by atoms with Crippen LogP contribution in [0, 0.1) is 12.3 Å². The summed E-state index contributed by atoms with van der Waals surface area (Å²) in [5, 5.41) is 8.37. The topological polar surface area (TPSA) is 46.2 Å². The van der Waals surface area contributed by atoms with Crippen LogP contribution in [-0.2, 0) is 0 Å². The van der Waals surface area contributed by atoms with Crippen molar-refractivity contribution in [2.45, 2.75) is 18.9 Å². The van der Waals surface area contributed by atoms with Crippen molar-refractivity contribution in [1.29, 1.82) is 0 Å². The second-order valence-corrected chi connectivity index (χ2v) is 1.69. The Kier molecular flexibility index (Phi) is 4.33. The molecule has 2 heteroatoms. The van der Waals surface area contributed by atoms with Crippen molar-refractivity contribution in [3.05, 3.63) is 0 Å². The molecule has 0 aliphatic carbocycles. The summed E-state index contributed by atoms with van der Waals surface area (Å²) >= 11 is 0. The van der Waals surface area contributed by atoms with Crippen molar-refractivity contribution in [3.63, 3.8) is 0 Å². The van der Waals surface area contributed by atoms with Crippen molar-refractivity contribution < 1.29 is 5.11 Å². The average Bonchev–Trinajstić information content (AvgIpc) is 1.83. The summed E-state index contributed by atoms with van der Waals surface area (Å²) in [7, 11) is 0. The minimum absolute atomic E-state index is 0.0294. The summed E-state index contributed by atoms with van der Waals surface area (Å²) in [6.45, 7) is 0.0294. The van der Waals surface area contributed by atoms with Gasteiger partial charge in [-0.3, -0.25) is 0 Å². The molecule has 2 nitrogen and oxygen atoms in total. The number of aliphatic hydroxyl groups is 1. The fourth-order valence-electron chi connectivity index (χ4n) is 0.360. The molecule has 0 heterocycles. The van der Waals surface area contributed by atoms with Gasteiger partial charge >= 0.3 is 0 Å². The van der Waals surface area contributed by atoms with E-state index < -0.39 is 0 Å². The molecule has 0 saturated heterocycles. The zero-order valence-electron chi connectivity index (χ0n) is 4.80. The van der Waals surface area contributed by atoms with Crippen LogP contribution in [0.2, 0.25) is 0 Å². The summed E-state index contributed by atoms with van der Waals surface area (Å²) in [4.78, 5) is 0. The van der Waals surface area contributed by atoms with Crippen molar-refractivity contribution in [2.75, 3.05) is 6.61 Å². The number of hydrogen-bond acceptors (Lipinski definition) is 2. The van der Waals surface area contributed by atoms with Gasteiger partial charge in [-0.25, -0.2) is 0 Å². The van der Waals surface area contributed by atoms with Crippen LogP contribution < -0.4 is 5.73 Å². The molecule has 0 aromatic heterocycles. The van der Waals surface area contributed by atoms with Crippen LogP contribution >= 0.6 is 0 Å². The number of aliphatic hydroxyl groups excluding tert-OH is 1. The quantitative estimate of drug-likeness (QED) is 0.494. The van der Waals surface area contributed by atoms with Gasteiger partial charge < -0.3 is 10.8 Å². The zero-order chi connectivity index (χ0) is 6.41. The highest BCUT2D eigenvalue weighted by atomic mass is 16.3. The lowest BCUT2D eigenvalue weighted by Gasteiger charge is -2.02. The van der Waals surface area contributed by atoms with Gasteiger partial charge in [0.15, 0.2) is 0 Å². The lowest BCUT2D eigenvalue weighted by atomic mass is 10.2. The smallest absolute Gasteiger partial charge is 0.0582 e. The lowest BCUT2D eigenvalue weighted by Crippen LogP contribution is -2.23. The third kappa shape index (κ3) is 3.66. The number of nitrogens with two attached hydrogens (primary N) is 1. The van der Waals surface area contributed by atoms with Crippen molar-refractivity contribution in [1.82, 2.24) is 0 Å². The molecular weight excluding hydrogens is 102 g/mol. The normalized spacial score (nSPS) is 12.6. The highest BCUT2D eigenvalue weighted by molar-refractivity contribution is 4.84.